The Morgan fingerprint density at radius 3 is 2.71 bits per heavy atom. The van der Waals surface area contributed by atoms with E-state index < -0.39 is 0 Å². The molecule has 5 heteroatoms. The molecular weight excluding hydrogens is 346 g/mol. The minimum absolute atomic E-state index is 0.374. The monoisotopic (exact) mass is 367 g/mol. The summed E-state index contributed by atoms with van der Waals surface area (Å²) in [5, 5.41) is 9.05. The van der Waals surface area contributed by atoms with E-state index in [2.05, 4.69) is 64.5 Å². The van der Waals surface area contributed by atoms with Crippen molar-refractivity contribution in [3.8, 4) is 0 Å². The highest BCUT2D eigenvalue weighted by Crippen LogP contribution is 2.35. The molecule has 0 bridgehead atoms. The summed E-state index contributed by atoms with van der Waals surface area (Å²) in [6.45, 7) is 7.45. The first kappa shape index (κ1) is 16.6. The van der Waals surface area contributed by atoms with Crippen LogP contribution in [0.1, 0.15) is 37.6 Å². The predicted octanol–water partition coefficient (Wildman–Crippen LogP) is 4.70. The van der Waals surface area contributed by atoms with Gasteiger partial charge in [0, 0.05) is 22.5 Å². The molecule has 114 valence electrons. The van der Waals surface area contributed by atoms with Crippen LogP contribution in [0.15, 0.2) is 38.7 Å². The van der Waals surface area contributed by atoms with E-state index in [0.29, 0.717) is 6.04 Å². The Labute approximate surface area is 139 Å². The van der Waals surface area contributed by atoms with Crippen LogP contribution >= 0.6 is 27.7 Å². The molecule has 0 aliphatic carbocycles. The van der Waals surface area contributed by atoms with Gasteiger partial charge in [-0.05, 0) is 66.5 Å². The largest absolute Gasteiger partial charge is 0.310 e. The normalized spacial score (nSPS) is 12.6. The van der Waals surface area contributed by atoms with Crippen molar-refractivity contribution in [3.05, 3.63) is 40.0 Å². The lowest BCUT2D eigenvalue weighted by Crippen LogP contribution is -2.19. The predicted molar refractivity (Wildman–Crippen MR) is 92.9 cm³/mol. The van der Waals surface area contributed by atoms with Gasteiger partial charge in [0.15, 0.2) is 0 Å². The Bertz CT molecular complexity index is 610. The fraction of sp³-hybridized carbons (Fsp3) is 0.438. The summed E-state index contributed by atoms with van der Waals surface area (Å²) in [4.78, 5) is 1.21. The summed E-state index contributed by atoms with van der Waals surface area (Å²) in [6, 6.07) is 9.06. The Morgan fingerprint density at radius 1 is 1.38 bits per heavy atom. The Balaban J connectivity index is 2.14. The number of halogens is 1. The second-order valence-electron chi connectivity index (χ2n) is 5.22. The van der Waals surface area contributed by atoms with E-state index in [1.807, 2.05) is 18.7 Å². The van der Waals surface area contributed by atoms with Gasteiger partial charge in [-0.1, -0.05) is 24.8 Å². The van der Waals surface area contributed by atoms with Crippen molar-refractivity contribution in [2.75, 3.05) is 6.54 Å². The zero-order valence-corrected chi connectivity index (χ0v) is 15.4. The molecule has 0 saturated carbocycles. The number of hydrogen-bond donors (Lipinski definition) is 1. The van der Waals surface area contributed by atoms with E-state index in [1.54, 1.807) is 11.8 Å². The molecule has 0 aliphatic rings. The molecule has 0 spiro atoms. The molecule has 1 aromatic carbocycles. The molecule has 2 aromatic rings. The zero-order valence-electron chi connectivity index (χ0n) is 13.0. The molecule has 0 saturated heterocycles. The summed E-state index contributed by atoms with van der Waals surface area (Å²) in [7, 11) is 1.98. The highest BCUT2D eigenvalue weighted by Gasteiger charge is 2.10. The van der Waals surface area contributed by atoms with Gasteiger partial charge in [0.25, 0.3) is 0 Å². The third-order valence-corrected chi connectivity index (χ3v) is 5.42. The fourth-order valence-electron chi connectivity index (χ4n) is 2.14. The van der Waals surface area contributed by atoms with E-state index in [-0.39, 0.29) is 0 Å². The van der Waals surface area contributed by atoms with Gasteiger partial charge in [0.05, 0.1) is 10.7 Å². The van der Waals surface area contributed by atoms with Gasteiger partial charge in [-0.3, -0.25) is 4.68 Å². The molecule has 0 radical (unpaired) electrons. The lowest BCUT2D eigenvalue weighted by atomic mass is 10.1. The van der Waals surface area contributed by atoms with Crippen molar-refractivity contribution in [1.29, 1.82) is 0 Å². The Hall–Kier alpha value is -0.780. The van der Waals surface area contributed by atoms with Crippen molar-refractivity contribution in [3.63, 3.8) is 0 Å². The highest BCUT2D eigenvalue weighted by atomic mass is 79.9. The molecular formula is C16H22BrN3S. The van der Waals surface area contributed by atoms with Crippen LogP contribution in [-0.2, 0) is 7.05 Å². The van der Waals surface area contributed by atoms with Crippen LogP contribution in [-0.4, -0.2) is 16.3 Å². The summed E-state index contributed by atoms with van der Waals surface area (Å²) < 4.78 is 3.06. The lowest BCUT2D eigenvalue weighted by Gasteiger charge is -2.15. The maximum atomic E-state index is 4.39. The maximum Gasteiger partial charge on any atom is 0.0987 e. The van der Waals surface area contributed by atoms with Crippen molar-refractivity contribution in [2.45, 2.75) is 43.2 Å². The number of aromatic nitrogens is 2. The smallest absolute Gasteiger partial charge is 0.0987 e. The highest BCUT2D eigenvalue weighted by molar-refractivity contribution is 9.10. The van der Waals surface area contributed by atoms with Crippen molar-refractivity contribution >= 4 is 27.7 Å². The van der Waals surface area contributed by atoms with Gasteiger partial charge in [-0.25, -0.2) is 0 Å². The molecule has 0 aliphatic heterocycles. The SMILES string of the molecule is CCCNC(C)c1ccc(Sc2cc(C)nn2C)c(Br)c1. The average Bonchev–Trinajstić information content (AvgIpc) is 2.76. The van der Waals surface area contributed by atoms with Crippen molar-refractivity contribution in [2.24, 2.45) is 7.05 Å². The number of nitrogens with one attached hydrogen (secondary N) is 1. The Morgan fingerprint density at radius 2 is 2.14 bits per heavy atom. The molecule has 1 atom stereocenters. The standard InChI is InChI=1S/C16H22BrN3S/c1-5-8-18-12(3)13-6-7-15(14(17)10-13)21-16-9-11(2)19-20(16)4/h6-7,9-10,12,18H,5,8H2,1-4H3. The number of hydrogen-bond acceptors (Lipinski definition) is 3. The summed E-state index contributed by atoms with van der Waals surface area (Å²) in [6.07, 6.45) is 1.15. The van der Waals surface area contributed by atoms with Gasteiger partial charge in [0.2, 0.25) is 0 Å². The molecule has 0 amide bonds. The number of rotatable bonds is 6. The fourth-order valence-corrected chi connectivity index (χ4v) is 3.70. The maximum absolute atomic E-state index is 4.39. The molecule has 21 heavy (non-hydrogen) atoms. The number of benzene rings is 1. The molecule has 2 rings (SSSR count). The van der Waals surface area contributed by atoms with Gasteiger partial charge >= 0.3 is 0 Å². The van der Waals surface area contributed by atoms with Crippen molar-refractivity contribution < 1.29 is 0 Å². The zero-order chi connectivity index (χ0) is 15.4. The number of aryl methyl sites for hydroxylation is 2. The van der Waals surface area contributed by atoms with Crippen LogP contribution in [0, 0.1) is 6.92 Å². The van der Waals surface area contributed by atoms with Gasteiger partial charge < -0.3 is 5.32 Å². The van der Waals surface area contributed by atoms with Gasteiger partial charge in [-0.2, -0.15) is 5.10 Å². The third kappa shape index (κ3) is 4.34. The number of nitrogens with zero attached hydrogens (tertiary/aromatic N) is 2. The van der Waals surface area contributed by atoms with Gasteiger partial charge in [-0.15, -0.1) is 0 Å². The molecule has 1 aromatic heterocycles. The van der Waals surface area contributed by atoms with Crippen LogP contribution in [0.4, 0.5) is 0 Å². The first-order chi connectivity index (χ1) is 10.0. The quantitative estimate of drug-likeness (QED) is 0.801. The second kappa shape index (κ2) is 7.47. The van der Waals surface area contributed by atoms with Gasteiger partial charge in [0.1, 0.15) is 0 Å². The van der Waals surface area contributed by atoms with E-state index in [4.69, 9.17) is 0 Å². The van der Waals surface area contributed by atoms with Crippen LogP contribution in [0.5, 0.6) is 0 Å². The molecule has 1 heterocycles. The Kier molecular flexibility index (Phi) is 5.90. The second-order valence-corrected chi connectivity index (χ2v) is 7.13. The topological polar surface area (TPSA) is 29.9 Å². The van der Waals surface area contributed by atoms with Crippen LogP contribution in [0.25, 0.3) is 0 Å². The van der Waals surface area contributed by atoms with Crippen LogP contribution in [0.3, 0.4) is 0 Å². The van der Waals surface area contributed by atoms with E-state index in [1.165, 1.54) is 10.5 Å². The van der Waals surface area contributed by atoms with E-state index in [0.717, 1.165) is 28.2 Å². The van der Waals surface area contributed by atoms with E-state index in [9.17, 15) is 0 Å². The third-order valence-electron chi connectivity index (χ3n) is 3.33. The summed E-state index contributed by atoms with van der Waals surface area (Å²) in [5.74, 6) is 0. The molecule has 3 nitrogen and oxygen atoms in total. The average molecular weight is 368 g/mol. The lowest BCUT2D eigenvalue weighted by molar-refractivity contribution is 0.570. The minimum atomic E-state index is 0.374. The molecule has 1 N–H and O–H groups in total. The molecule has 1 unspecified atom stereocenters. The minimum Gasteiger partial charge on any atom is -0.310 e. The first-order valence-corrected chi connectivity index (χ1v) is 8.83. The first-order valence-electron chi connectivity index (χ1n) is 7.22. The van der Waals surface area contributed by atoms with E-state index >= 15 is 0 Å². The van der Waals surface area contributed by atoms with Crippen molar-refractivity contribution in [1.82, 2.24) is 15.1 Å². The molecule has 0 fully saturated rings. The summed E-state index contributed by atoms with van der Waals surface area (Å²) in [5.41, 5.74) is 2.35. The van der Waals surface area contributed by atoms with Crippen LogP contribution < -0.4 is 5.32 Å². The summed E-state index contributed by atoms with van der Waals surface area (Å²) >= 11 is 5.43. The van der Waals surface area contributed by atoms with Crippen LogP contribution in [0.2, 0.25) is 0 Å².